The first kappa shape index (κ1) is 25.7. The van der Waals surface area contributed by atoms with Gasteiger partial charge in [-0.25, -0.2) is 0 Å². The summed E-state index contributed by atoms with van der Waals surface area (Å²) in [5.74, 6) is 0.416. The van der Waals surface area contributed by atoms with Crippen LogP contribution >= 0.6 is 12.4 Å². The van der Waals surface area contributed by atoms with Gasteiger partial charge in [-0.2, -0.15) is 9.50 Å². The lowest BCUT2D eigenvalue weighted by Crippen LogP contribution is -2.47. The molecule has 1 fully saturated rings. The molecular weight excluding hydrogens is 462 g/mol. The first-order valence-corrected chi connectivity index (χ1v) is 11.5. The molecule has 2 aromatic rings. The third kappa shape index (κ3) is 4.95. The highest BCUT2D eigenvalue weighted by Gasteiger charge is 2.27. The highest BCUT2D eigenvalue weighted by Crippen LogP contribution is 2.23. The lowest BCUT2D eigenvalue weighted by Gasteiger charge is -2.31. The zero-order valence-corrected chi connectivity index (χ0v) is 20.7. The zero-order chi connectivity index (χ0) is 23.5. The van der Waals surface area contributed by atoms with Crippen LogP contribution in [0.15, 0.2) is 10.9 Å². The van der Waals surface area contributed by atoms with E-state index < -0.39 is 0 Å². The van der Waals surface area contributed by atoms with Gasteiger partial charge < -0.3 is 24.4 Å². The molecular formula is C22H32ClN7O4. The number of anilines is 1. The van der Waals surface area contributed by atoms with Crippen LogP contribution in [0.5, 0.6) is 0 Å². The van der Waals surface area contributed by atoms with Crippen molar-refractivity contribution in [1.29, 1.82) is 0 Å². The Morgan fingerprint density at radius 1 is 1.18 bits per heavy atom. The Morgan fingerprint density at radius 2 is 1.91 bits per heavy atom. The fourth-order valence-corrected chi connectivity index (χ4v) is 4.45. The number of nitrogens with one attached hydrogen (secondary N) is 1. The molecule has 4 rings (SSSR count). The van der Waals surface area contributed by atoms with Gasteiger partial charge in [0.2, 0.25) is 11.7 Å². The van der Waals surface area contributed by atoms with E-state index in [-0.39, 0.29) is 43.0 Å². The van der Waals surface area contributed by atoms with Crippen LogP contribution in [0.25, 0.3) is 11.4 Å². The van der Waals surface area contributed by atoms with Crippen LogP contribution in [0.2, 0.25) is 0 Å². The summed E-state index contributed by atoms with van der Waals surface area (Å²) in [5.41, 5.74) is 1.97. The molecule has 2 aliphatic heterocycles. The van der Waals surface area contributed by atoms with Crippen LogP contribution < -0.4 is 15.8 Å². The number of nitrogens with zero attached hydrogens (tertiary/aromatic N) is 6. The van der Waals surface area contributed by atoms with Crippen LogP contribution in [0.3, 0.4) is 0 Å². The summed E-state index contributed by atoms with van der Waals surface area (Å²) >= 11 is 0. The topological polar surface area (TPSA) is 114 Å². The SMILES string of the molecule is CCOC(=O)Cn1c(CC)c(N2CCNCC2)c(=O)n2nc(C3=CCN(C(C)=O)CC3)nc12.Cl. The van der Waals surface area contributed by atoms with Gasteiger partial charge in [-0.3, -0.25) is 14.4 Å². The molecule has 0 atom stereocenters. The number of ether oxygens (including phenoxy) is 1. The molecule has 2 aromatic heterocycles. The van der Waals surface area contributed by atoms with Crippen LogP contribution in [0, 0.1) is 0 Å². The second kappa shape index (κ2) is 11.0. The standard InChI is InChI=1S/C22H31N7O4.ClH/c1-4-17-19(27-12-8-23-9-13-27)21(32)29-22(28(17)14-18(31)33-5-2)24-20(25-29)16-6-10-26(11-7-16)15(3)30;/h6,23H,4-5,7-14H2,1-3H3;1H. The number of rotatable bonds is 6. The molecule has 0 spiro atoms. The number of hydrogen-bond acceptors (Lipinski definition) is 8. The minimum Gasteiger partial charge on any atom is -0.465 e. The third-order valence-electron chi connectivity index (χ3n) is 6.13. The molecule has 0 unspecified atom stereocenters. The molecule has 34 heavy (non-hydrogen) atoms. The number of halogens is 1. The predicted octanol–water partition coefficient (Wildman–Crippen LogP) is 0.484. The number of carbonyl (C=O) groups is 2. The van der Waals surface area contributed by atoms with Gasteiger partial charge in [-0.05, 0) is 25.3 Å². The van der Waals surface area contributed by atoms with Crippen LogP contribution in [-0.2, 0) is 27.3 Å². The number of piperazine rings is 1. The Bertz CT molecular complexity index is 1150. The Kier molecular flexibility index (Phi) is 8.32. The van der Waals surface area contributed by atoms with Crippen molar-refractivity contribution in [2.75, 3.05) is 50.8 Å². The van der Waals surface area contributed by atoms with E-state index in [0.717, 1.165) is 24.4 Å². The average Bonchev–Trinajstić information content (AvgIpc) is 3.27. The van der Waals surface area contributed by atoms with Crippen molar-refractivity contribution < 1.29 is 14.3 Å². The Labute approximate surface area is 204 Å². The molecule has 0 bridgehead atoms. The molecule has 0 saturated carbocycles. The maximum Gasteiger partial charge on any atom is 0.326 e. The van der Waals surface area contributed by atoms with Gasteiger partial charge in [0.25, 0.3) is 5.56 Å². The van der Waals surface area contributed by atoms with E-state index in [0.29, 0.717) is 56.3 Å². The summed E-state index contributed by atoms with van der Waals surface area (Å²) in [4.78, 5) is 46.2. The predicted molar refractivity (Wildman–Crippen MR) is 130 cm³/mol. The third-order valence-corrected chi connectivity index (χ3v) is 6.13. The van der Waals surface area contributed by atoms with Gasteiger partial charge in [0, 0.05) is 46.2 Å². The largest absolute Gasteiger partial charge is 0.465 e. The van der Waals surface area contributed by atoms with Crippen molar-refractivity contribution in [3.63, 3.8) is 0 Å². The maximum absolute atomic E-state index is 13.6. The normalized spacial score (nSPS) is 16.3. The summed E-state index contributed by atoms with van der Waals surface area (Å²) in [5, 5.41) is 7.86. The van der Waals surface area contributed by atoms with E-state index in [4.69, 9.17) is 4.74 Å². The fraction of sp³-hybridized carbons (Fsp3) is 0.591. The van der Waals surface area contributed by atoms with Crippen molar-refractivity contribution in [2.24, 2.45) is 0 Å². The molecule has 2 aliphatic rings. The van der Waals surface area contributed by atoms with Crippen molar-refractivity contribution in [2.45, 2.75) is 40.2 Å². The Hall–Kier alpha value is -2.92. The van der Waals surface area contributed by atoms with Gasteiger partial charge in [0.15, 0.2) is 5.82 Å². The van der Waals surface area contributed by atoms with E-state index >= 15 is 0 Å². The number of carbonyl (C=O) groups excluding carboxylic acids is 2. The van der Waals surface area contributed by atoms with Crippen molar-refractivity contribution in [3.05, 3.63) is 27.9 Å². The van der Waals surface area contributed by atoms with Gasteiger partial charge in [0.05, 0.1) is 12.3 Å². The molecule has 0 aromatic carbocycles. The molecule has 1 amide bonds. The lowest BCUT2D eigenvalue weighted by atomic mass is 10.1. The van der Waals surface area contributed by atoms with Gasteiger partial charge in [-0.15, -0.1) is 17.5 Å². The molecule has 12 heteroatoms. The number of hydrogen-bond donors (Lipinski definition) is 1. The smallest absolute Gasteiger partial charge is 0.326 e. The number of fused-ring (bicyclic) bond motifs is 1. The molecule has 186 valence electrons. The van der Waals surface area contributed by atoms with E-state index in [1.165, 1.54) is 4.52 Å². The first-order chi connectivity index (χ1) is 15.9. The number of esters is 1. The van der Waals surface area contributed by atoms with Crippen molar-refractivity contribution in [3.8, 4) is 0 Å². The van der Waals surface area contributed by atoms with E-state index in [9.17, 15) is 14.4 Å². The highest BCUT2D eigenvalue weighted by molar-refractivity contribution is 5.85. The van der Waals surface area contributed by atoms with E-state index in [1.54, 1.807) is 23.3 Å². The van der Waals surface area contributed by atoms with E-state index in [1.807, 2.05) is 13.0 Å². The van der Waals surface area contributed by atoms with Gasteiger partial charge in [-0.1, -0.05) is 13.0 Å². The van der Waals surface area contributed by atoms with Crippen LogP contribution in [0.4, 0.5) is 5.69 Å². The summed E-state index contributed by atoms with van der Waals surface area (Å²) in [6.45, 7) is 9.52. The Balaban J connectivity index is 0.00000324. The van der Waals surface area contributed by atoms with Crippen LogP contribution in [0.1, 0.15) is 38.7 Å². The first-order valence-electron chi connectivity index (χ1n) is 11.5. The highest BCUT2D eigenvalue weighted by atomic mass is 35.5. The summed E-state index contributed by atoms with van der Waals surface area (Å²) in [7, 11) is 0. The van der Waals surface area contributed by atoms with E-state index in [2.05, 4.69) is 20.3 Å². The zero-order valence-electron chi connectivity index (χ0n) is 19.9. The minimum absolute atomic E-state index is 0. The summed E-state index contributed by atoms with van der Waals surface area (Å²) in [6.07, 6.45) is 3.09. The molecule has 1 N–H and O–H groups in total. The molecule has 0 aliphatic carbocycles. The Morgan fingerprint density at radius 3 is 2.50 bits per heavy atom. The lowest BCUT2D eigenvalue weighted by molar-refractivity contribution is -0.143. The van der Waals surface area contributed by atoms with Crippen molar-refractivity contribution in [1.82, 2.24) is 29.4 Å². The van der Waals surface area contributed by atoms with Crippen LogP contribution in [-0.4, -0.2) is 81.8 Å². The molecule has 0 radical (unpaired) electrons. The van der Waals surface area contributed by atoms with Gasteiger partial charge >= 0.3 is 5.97 Å². The summed E-state index contributed by atoms with van der Waals surface area (Å²) in [6, 6.07) is 0. The quantitative estimate of drug-likeness (QED) is 0.578. The molecule has 1 saturated heterocycles. The second-order valence-corrected chi connectivity index (χ2v) is 8.17. The number of amides is 1. The molecule has 11 nitrogen and oxygen atoms in total. The summed E-state index contributed by atoms with van der Waals surface area (Å²) < 4.78 is 8.27. The second-order valence-electron chi connectivity index (χ2n) is 8.17. The van der Waals surface area contributed by atoms with Crippen molar-refractivity contribution >= 4 is 41.3 Å². The maximum atomic E-state index is 13.6. The monoisotopic (exact) mass is 493 g/mol. The molecule has 4 heterocycles. The van der Waals surface area contributed by atoms with Gasteiger partial charge in [0.1, 0.15) is 12.2 Å². The average molecular weight is 494 g/mol. The fourth-order valence-electron chi connectivity index (χ4n) is 4.45. The minimum atomic E-state index is -0.387. The number of aromatic nitrogens is 4.